The second-order valence-electron chi connectivity index (χ2n) is 3.21. The molecule has 2 aromatic rings. The Bertz CT molecular complexity index is 490. The molecule has 4 heteroatoms. The lowest BCUT2D eigenvalue weighted by Crippen LogP contribution is -1.95. The van der Waals surface area contributed by atoms with Gasteiger partial charge in [0.1, 0.15) is 5.52 Å². The molecule has 1 aromatic heterocycles. The molecule has 1 aromatic carbocycles. The number of halogens is 2. The molecule has 0 aliphatic carbocycles. The van der Waals surface area contributed by atoms with Gasteiger partial charge in [-0.25, -0.2) is 4.39 Å². The SMILES string of the molecule is CCc1c2cc(Cl)cc(F)c2nn1C. The van der Waals surface area contributed by atoms with Crippen molar-refractivity contribution in [2.75, 3.05) is 0 Å². The minimum absolute atomic E-state index is 0.359. The molecule has 0 radical (unpaired) electrons. The number of benzene rings is 1. The van der Waals surface area contributed by atoms with Crippen molar-refractivity contribution in [2.24, 2.45) is 7.05 Å². The van der Waals surface area contributed by atoms with Gasteiger partial charge in [0, 0.05) is 23.2 Å². The van der Waals surface area contributed by atoms with Crippen molar-refractivity contribution >= 4 is 22.5 Å². The van der Waals surface area contributed by atoms with Crippen LogP contribution in [0.25, 0.3) is 10.9 Å². The van der Waals surface area contributed by atoms with E-state index in [1.54, 1.807) is 10.7 Å². The zero-order valence-electron chi connectivity index (χ0n) is 8.01. The fraction of sp³-hybridized carbons (Fsp3) is 0.300. The fourth-order valence-corrected chi connectivity index (χ4v) is 1.90. The Kier molecular flexibility index (Phi) is 2.19. The van der Waals surface area contributed by atoms with Gasteiger partial charge in [-0.15, -0.1) is 0 Å². The second-order valence-corrected chi connectivity index (χ2v) is 3.64. The average molecular weight is 213 g/mol. The van der Waals surface area contributed by atoms with Gasteiger partial charge in [-0.3, -0.25) is 4.68 Å². The Morgan fingerprint density at radius 3 is 2.86 bits per heavy atom. The second kappa shape index (κ2) is 3.24. The Hall–Kier alpha value is -1.09. The lowest BCUT2D eigenvalue weighted by molar-refractivity contribution is 0.631. The molecular weight excluding hydrogens is 203 g/mol. The van der Waals surface area contributed by atoms with Crippen LogP contribution in [0.5, 0.6) is 0 Å². The molecule has 0 fully saturated rings. The molecule has 14 heavy (non-hydrogen) atoms. The highest BCUT2D eigenvalue weighted by atomic mass is 35.5. The van der Waals surface area contributed by atoms with Crippen LogP contribution in [0.3, 0.4) is 0 Å². The maximum absolute atomic E-state index is 13.4. The zero-order chi connectivity index (χ0) is 10.3. The molecule has 0 saturated heterocycles. The topological polar surface area (TPSA) is 17.8 Å². The zero-order valence-corrected chi connectivity index (χ0v) is 8.77. The standard InChI is InChI=1S/C10H10ClFN2/c1-3-9-7-4-6(11)5-8(12)10(7)13-14(9)2/h4-5H,3H2,1-2H3. The average Bonchev–Trinajstić information content (AvgIpc) is 2.41. The number of hydrogen-bond donors (Lipinski definition) is 0. The first kappa shape index (κ1) is 9.46. The van der Waals surface area contributed by atoms with Crippen LogP contribution in [-0.4, -0.2) is 9.78 Å². The van der Waals surface area contributed by atoms with E-state index in [9.17, 15) is 4.39 Å². The number of fused-ring (bicyclic) bond motifs is 1. The third kappa shape index (κ3) is 1.28. The molecule has 2 nitrogen and oxygen atoms in total. The molecule has 0 amide bonds. The van der Waals surface area contributed by atoms with E-state index in [0.717, 1.165) is 17.5 Å². The van der Waals surface area contributed by atoms with E-state index in [1.807, 2.05) is 14.0 Å². The summed E-state index contributed by atoms with van der Waals surface area (Å²) in [4.78, 5) is 0. The van der Waals surface area contributed by atoms with Crippen LogP contribution >= 0.6 is 11.6 Å². The minimum atomic E-state index is -0.359. The predicted molar refractivity (Wildman–Crippen MR) is 55.1 cm³/mol. The van der Waals surface area contributed by atoms with E-state index in [1.165, 1.54) is 6.07 Å². The molecule has 0 aliphatic rings. The summed E-state index contributed by atoms with van der Waals surface area (Å²) < 4.78 is 15.1. The van der Waals surface area contributed by atoms with Crippen LogP contribution in [-0.2, 0) is 13.5 Å². The molecule has 0 spiro atoms. The van der Waals surface area contributed by atoms with Gasteiger partial charge in [0.25, 0.3) is 0 Å². The number of nitrogens with zero attached hydrogens (tertiary/aromatic N) is 2. The molecule has 74 valence electrons. The Labute approximate surface area is 86.3 Å². The van der Waals surface area contributed by atoms with Crippen LogP contribution in [0.4, 0.5) is 4.39 Å². The van der Waals surface area contributed by atoms with Gasteiger partial charge in [-0.2, -0.15) is 5.10 Å². The van der Waals surface area contributed by atoms with Crippen molar-refractivity contribution in [3.8, 4) is 0 Å². The number of rotatable bonds is 1. The number of hydrogen-bond acceptors (Lipinski definition) is 1. The molecule has 0 N–H and O–H groups in total. The van der Waals surface area contributed by atoms with Crippen LogP contribution in [0.1, 0.15) is 12.6 Å². The van der Waals surface area contributed by atoms with Crippen LogP contribution < -0.4 is 0 Å². The summed E-state index contributed by atoms with van der Waals surface area (Å²) in [5, 5.41) is 5.33. The van der Waals surface area contributed by atoms with E-state index in [2.05, 4.69) is 5.10 Å². The van der Waals surface area contributed by atoms with Gasteiger partial charge in [-0.05, 0) is 18.6 Å². The van der Waals surface area contributed by atoms with Gasteiger partial charge in [0.2, 0.25) is 0 Å². The molecule has 2 rings (SSSR count). The Morgan fingerprint density at radius 1 is 1.50 bits per heavy atom. The van der Waals surface area contributed by atoms with Crippen molar-refractivity contribution in [2.45, 2.75) is 13.3 Å². The van der Waals surface area contributed by atoms with Gasteiger partial charge in [0.15, 0.2) is 5.82 Å². The summed E-state index contributed by atoms with van der Waals surface area (Å²) in [6.45, 7) is 2.01. The van der Waals surface area contributed by atoms with Crippen LogP contribution in [0, 0.1) is 5.82 Å². The first-order valence-corrected chi connectivity index (χ1v) is 4.82. The lowest BCUT2D eigenvalue weighted by Gasteiger charge is -1.97. The monoisotopic (exact) mass is 212 g/mol. The summed E-state index contributed by atoms with van der Waals surface area (Å²) in [6, 6.07) is 3.04. The fourth-order valence-electron chi connectivity index (χ4n) is 1.69. The third-order valence-electron chi connectivity index (χ3n) is 2.31. The first-order chi connectivity index (χ1) is 6.63. The van der Waals surface area contributed by atoms with Crippen LogP contribution in [0.15, 0.2) is 12.1 Å². The molecule has 0 bridgehead atoms. The van der Waals surface area contributed by atoms with Gasteiger partial charge in [-0.1, -0.05) is 18.5 Å². The summed E-state index contributed by atoms with van der Waals surface area (Å²) in [5.41, 5.74) is 1.40. The first-order valence-electron chi connectivity index (χ1n) is 4.44. The summed E-state index contributed by atoms with van der Waals surface area (Å²) in [7, 11) is 1.81. The molecular formula is C10H10ClFN2. The minimum Gasteiger partial charge on any atom is -0.271 e. The van der Waals surface area contributed by atoms with Crippen molar-refractivity contribution in [3.05, 3.63) is 28.7 Å². The molecule has 1 heterocycles. The quantitative estimate of drug-likeness (QED) is 0.711. The van der Waals surface area contributed by atoms with Gasteiger partial charge < -0.3 is 0 Å². The van der Waals surface area contributed by atoms with E-state index >= 15 is 0 Å². The van der Waals surface area contributed by atoms with E-state index in [-0.39, 0.29) is 5.82 Å². The molecule has 0 saturated carbocycles. The lowest BCUT2D eigenvalue weighted by atomic mass is 10.2. The molecule has 0 aliphatic heterocycles. The predicted octanol–water partition coefficient (Wildman–Crippen LogP) is 2.93. The Balaban J connectivity index is 2.87. The Morgan fingerprint density at radius 2 is 2.21 bits per heavy atom. The largest absolute Gasteiger partial charge is 0.271 e. The third-order valence-corrected chi connectivity index (χ3v) is 2.53. The van der Waals surface area contributed by atoms with Gasteiger partial charge in [0.05, 0.1) is 0 Å². The highest BCUT2D eigenvalue weighted by Gasteiger charge is 2.11. The molecule has 0 atom stereocenters. The number of aryl methyl sites for hydroxylation is 2. The van der Waals surface area contributed by atoms with E-state index in [4.69, 9.17) is 11.6 Å². The van der Waals surface area contributed by atoms with Crippen molar-refractivity contribution in [1.29, 1.82) is 0 Å². The number of aromatic nitrogens is 2. The molecule has 0 unspecified atom stereocenters. The van der Waals surface area contributed by atoms with E-state index in [0.29, 0.717) is 10.5 Å². The maximum atomic E-state index is 13.4. The smallest absolute Gasteiger partial charge is 0.152 e. The van der Waals surface area contributed by atoms with E-state index < -0.39 is 0 Å². The summed E-state index contributed by atoms with van der Waals surface area (Å²) in [6.07, 6.45) is 0.812. The van der Waals surface area contributed by atoms with Crippen molar-refractivity contribution < 1.29 is 4.39 Å². The van der Waals surface area contributed by atoms with Crippen molar-refractivity contribution in [1.82, 2.24) is 9.78 Å². The summed E-state index contributed by atoms with van der Waals surface area (Å²) in [5.74, 6) is -0.359. The highest BCUT2D eigenvalue weighted by molar-refractivity contribution is 6.31. The summed E-state index contributed by atoms with van der Waals surface area (Å²) >= 11 is 5.79. The van der Waals surface area contributed by atoms with Crippen molar-refractivity contribution in [3.63, 3.8) is 0 Å². The highest BCUT2D eigenvalue weighted by Crippen LogP contribution is 2.25. The normalized spacial score (nSPS) is 11.1. The maximum Gasteiger partial charge on any atom is 0.152 e. The van der Waals surface area contributed by atoms with Gasteiger partial charge >= 0.3 is 0 Å². The van der Waals surface area contributed by atoms with Crippen LogP contribution in [0.2, 0.25) is 5.02 Å².